The van der Waals surface area contributed by atoms with Gasteiger partial charge in [-0.05, 0) is 75.2 Å². The zero-order valence-electron chi connectivity index (χ0n) is 22.6. The molecule has 0 fully saturated rings. The van der Waals surface area contributed by atoms with Gasteiger partial charge in [-0.1, -0.05) is 36.4 Å². The van der Waals surface area contributed by atoms with Crippen LogP contribution in [-0.2, 0) is 0 Å². The lowest BCUT2D eigenvalue weighted by molar-refractivity contribution is 0.866. The minimum Gasteiger partial charge on any atom is -0.372 e. The largest absolute Gasteiger partial charge is 0.372 e. The zero-order chi connectivity index (χ0) is 26.7. The predicted octanol–water partition coefficient (Wildman–Crippen LogP) is 6.21. The third kappa shape index (κ3) is 6.64. The fourth-order valence-corrected chi connectivity index (χ4v) is 4.21. The molecule has 1 heterocycles. The summed E-state index contributed by atoms with van der Waals surface area (Å²) in [5, 5.41) is 8.83. The maximum Gasteiger partial charge on any atom is 0.192 e. The van der Waals surface area contributed by atoms with Gasteiger partial charge >= 0.3 is 0 Å². The van der Waals surface area contributed by atoms with Crippen LogP contribution in [0.25, 0.3) is 11.0 Å². The van der Waals surface area contributed by atoms with E-state index in [-0.39, 0.29) is 0 Å². The average Bonchev–Trinajstić information content (AvgIpc) is 2.96. The van der Waals surface area contributed by atoms with Gasteiger partial charge in [-0.3, -0.25) is 10.9 Å². The molecule has 4 aromatic rings. The lowest BCUT2D eigenvalue weighted by atomic mass is 10.2. The summed E-state index contributed by atoms with van der Waals surface area (Å²) < 4.78 is 0. The van der Waals surface area contributed by atoms with Crippen molar-refractivity contribution in [2.75, 3.05) is 46.8 Å². The second kappa shape index (κ2) is 13.2. The van der Waals surface area contributed by atoms with Gasteiger partial charge < -0.3 is 9.80 Å². The maximum atomic E-state index is 4.71. The van der Waals surface area contributed by atoms with Crippen molar-refractivity contribution in [3.63, 3.8) is 0 Å². The summed E-state index contributed by atoms with van der Waals surface area (Å²) >= 11 is 0. The summed E-state index contributed by atoms with van der Waals surface area (Å²) in [4.78, 5) is 14.0. The minimum atomic E-state index is 0.494. The summed E-state index contributed by atoms with van der Waals surface area (Å²) in [7, 11) is 0. The number of hydrogen-bond donors (Lipinski definition) is 2. The van der Waals surface area contributed by atoms with Crippen LogP contribution in [0.4, 0.5) is 23.0 Å². The van der Waals surface area contributed by atoms with E-state index in [0.29, 0.717) is 11.6 Å². The average molecular weight is 509 g/mol. The molecule has 196 valence electrons. The van der Waals surface area contributed by atoms with Crippen LogP contribution >= 0.6 is 0 Å². The van der Waals surface area contributed by atoms with Crippen molar-refractivity contribution >= 4 is 46.5 Å². The number of aromatic nitrogens is 2. The van der Waals surface area contributed by atoms with E-state index in [1.54, 1.807) is 12.4 Å². The number of para-hydroxylation sites is 2. The van der Waals surface area contributed by atoms with Crippen LogP contribution in [0.15, 0.2) is 83.0 Å². The number of hydrazone groups is 2. The van der Waals surface area contributed by atoms with E-state index < -0.39 is 0 Å². The van der Waals surface area contributed by atoms with Gasteiger partial charge in [0.25, 0.3) is 0 Å². The van der Waals surface area contributed by atoms with E-state index in [0.717, 1.165) is 48.3 Å². The van der Waals surface area contributed by atoms with E-state index in [1.807, 2.05) is 24.3 Å². The first-order chi connectivity index (χ1) is 18.6. The van der Waals surface area contributed by atoms with Crippen LogP contribution in [-0.4, -0.2) is 48.6 Å². The molecule has 0 bridgehead atoms. The van der Waals surface area contributed by atoms with Crippen LogP contribution < -0.4 is 20.7 Å². The molecule has 38 heavy (non-hydrogen) atoms. The normalized spacial score (nSPS) is 11.4. The van der Waals surface area contributed by atoms with E-state index >= 15 is 0 Å². The van der Waals surface area contributed by atoms with Crippen molar-refractivity contribution in [1.29, 1.82) is 0 Å². The zero-order valence-corrected chi connectivity index (χ0v) is 22.6. The summed E-state index contributed by atoms with van der Waals surface area (Å²) in [5.41, 5.74) is 12.0. The molecule has 0 amide bonds. The highest BCUT2D eigenvalue weighted by Gasteiger charge is 2.08. The fraction of sp³-hybridized carbons (Fsp3) is 0.267. The van der Waals surface area contributed by atoms with Gasteiger partial charge in [0.05, 0.1) is 23.5 Å². The predicted molar refractivity (Wildman–Crippen MR) is 162 cm³/mol. The van der Waals surface area contributed by atoms with Gasteiger partial charge in [0.2, 0.25) is 0 Å². The van der Waals surface area contributed by atoms with Crippen molar-refractivity contribution in [3.8, 4) is 0 Å². The molecule has 0 radical (unpaired) electrons. The molecule has 0 saturated heterocycles. The van der Waals surface area contributed by atoms with Gasteiger partial charge in [0, 0.05) is 37.6 Å². The van der Waals surface area contributed by atoms with Crippen molar-refractivity contribution in [2.24, 2.45) is 10.2 Å². The van der Waals surface area contributed by atoms with Crippen LogP contribution in [0.5, 0.6) is 0 Å². The number of nitrogens with zero attached hydrogens (tertiary/aromatic N) is 6. The number of fused-ring (bicyclic) bond motifs is 1. The Bertz CT molecular complexity index is 1250. The van der Waals surface area contributed by atoms with Gasteiger partial charge in [0.15, 0.2) is 11.6 Å². The van der Waals surface area contributed by atoms with Gasteiger partial charge in [-0.25, -0.2) is 9.97 Å². The highest BCUT2D eigenvalue weighted by molar-refractivity contribution is 5.84. The molecule has 4 rings (SSSR count). The van der Waals surface area contributed by atoms with E-state index in [9.17, 15) is 0 Å². The summed E-state index contributed by atoms with van der Waals surface area (Å²) in [6.07, 6.45) is 3.54. The molecule has 0 aliphatic carbocycles. The summed E-state index contributed by atoms with van der Waals surface area (Å²) in [6.45, 7) is 12.5. The standard InChI is InChI=1S/C30H36N8/c1-5-37(6-2)25-17-13-23(14-18-25)21-31-35-29-30(34-28-12-10-9-11-27(28)33-29)36-32-22-24-15-19-26(20-16-24)38(7-3)8-4/h9-22H,5-8H2,1-4H3,(H,33,35)(H,34,36)/b31-21-,32-22-. The highest BCUT2D eigenvalue weighted by atomic mass is 15.4. The smallest absolute Gasteiger partial charge is 0.192 e. The first-order valence-electron chi connectivity index (χ1n) is 13.2. The van der Waals surface area contributed by atoms with Crippen LogP contribution in [0.2, 0.25) is 0 Å². The Kier molecular flexibility index (Phi) is 9.23. The first kappa shape index (κ1) is 26.6. The van der Waals surface area contributed by atoms with E-state index in [4.69, 9.17) is 9.97 Å². The Morgan fingerprint density at radius 2 is 0.947 bits per heavy atom. The Hall–Kier alpha value is -4.46. The topological polar surface area (TPSA) is 81.0 Å². The van der Waals surface area contributed by atoms with Crippen LogP contribution in [0.3, 0.4) is 0 Å². The molecular weight excluding hydrogens is 472 g/mol. The minimum absolute atomic E-state index is 0.494. The van der Waals surface area contributed by atoms with E-state index in [2.05, 4.69) is 107 Å². The van der Waals surface area contributed by atoms with Crippen LogP contribution in [0.1, 0.15) is 38.8 Å². The molecule has 3 aromatic carbocycles. The molecule has 8 nitrogen and oxygen atoms in total. The number of hydrogen-bond acceptors (Lipinski definition) is 8. The molecule has 8 heteroatoms. The summed E-state index contributed by atoms with van der Waals surface area (Å²) in [6, 6.07) is 24.4. The maximum absolute atomic E-state index is 4.71. The molecule has 0 atom stereocenters. The molecule has 0 aliphatic rings. The van der Waals surface area contributed by atoms with Crippen molar-refractivity contribution in [2.45, 2.75) is 27.7 Å². The summed E-state index contributed by atoms with van der Waals surface area (Å²) in [5.74, 6) is 0.988. The second-order valence-corrected chi connectivity index (χ2v) is 8.68. The van der Waals surface area contributed by atoms with Crippen molar-refractivity contribution < 1.29 is 0 Å². The Labute approximate surface area is 225 Å². The molecule has 0 saturated carbocycles. The number of nitrogens with one attached hydrogen (secondary N) is 2. The highest BCUT2D eigenvalue weighted by Crippen LogP contribution is 2.22. The Morgan fingerprint density at radius 1 is 0.579 bits per heavy atom. The quantitative estimate of drug-likeness (QED) is 0.175. The molecule has 2 N–H and O–H groups in total. The number of anilines is 4. The number of benzene rings is 3. The fourth-order valence-electron chi connectivity index (χ4n) is 4.21. The van der Waals surface area contributed by atoms with E-state index in [1.165, 1.54) is 11.4 Å². The lowest BCUT2D eigenvalue weighted by Gasteiger charge is -2.20. The van der Waals surface area contributed by atoms with Crippen molar-refractivity contribution in [3.05, 3.63) is 83.9 Å². The first-order valence-corrected chi connectivity index (χ1v) is 13.2. The van der Waals surface area contributed by atoms with Crippen LogP contribution in [0, 0.1) is 0 Å². The number of rotatable bonds is 12. The molecule has 0 spiro atoms. The van der Waals surface area contributed by atoms with Crippen molar-refractivity contribution in [1.82, 2.24) is 9.97 Å². The second-order valence-electron chi connectivity index (χ2n) is 8.68. The monoisotopic (exact) mass is 508 g/mol. The van der Waals surface area contributed by atoms with Gasteiger partial charge in [-0.2, -0.15) is 10.2 Å². The lowest BCUT2D eigenvalue weighted by Crippen LogP contribution is -2.21. The third-order valence-electron chi connectivity index (χ3n) is 6.38. The molecule has 1 aromatic heterocycles. The molecule has 0 unspecified atom stereocenters. The molecule has 0 aliphatic heterocycles. The Balaban J connectivity index is 1.49. The Morgan fingerprint density at radius 3 is 1.29 bits per heavy atom. The SMILES string of the molecule is CCN(CC)c1ccc(/C=N\Nc2nc3ccccc3nc2N/N=C\c2ccc(N(CC)CC)cc2)cc1. The third-order valence-corrected chi connectivity index (χ3v) is 6.38. The molecular formula is C30H36N8. The van der Waals surface area contributed by atoms with Gasteiger partial charge in [-0.15, -0.1) is 0 Å². The van der Waals surface area contributed by atoms with Gasteiger partial charge in [0.1, 0.15) is 0 Å².